The largest absolute Gasteiger partial charge is 0.462 e. The number of carbonyl (C=O) groups excluding carboxylic acids is 1. The number of hydrogen-bond donors (Lipinski definition) is 0. The van der Waals surface area contributed by atoms with Gasteiger partial charge < -0.3 is 4.74 Å². The van der Waals surface area contributed by atoms with E-state index in [4.69, 9.17) is 4.74 Å². The Hall–Kier alpha value is -1.57. The zero-order valence-corrected chi connectivity index (χ0v) is 10.7. The van der Waals surface area contributed by atoms with E-state index in [1.165, 1.54) is 5.56 Å². The first-order valence-electron chi connectivity index (χ1n) is 6.04. The number of aryl methyl sites for hydroxylation is 1. The van der Waals surface area contributed by atoms with Gasteiger partial charge in [0.1, 0.15) is 0 Å². The van der Waals surface area contributed by atoms with E-state index in [0.717, 1.165) is 18.4 Å². The number of carbonyl (C=O) groups is 1. The molecule has 0 aliphatic heterocycles. The molecule has 2 heteroatoms. The zero-order chi connectivity index (χ0) is 12.7. The van der Waals surface area contributed by atoms with Crippen LogP contribution in [0.25, 0.3) is 0 Å². The molecule has 0 amide bonds. The van der Waals surface area contributed by atoms with Gasteiger partial charge >= 0.3 is 5.97 Å². The summed E-state index contributed by atoms with van der Waals surface area (Å²) in [5, 5.41) is 0. The number of rotatable bonds is 6. The van der Waals surface area contributed by atoms with E-state index in [0.29, 0.717) is 18.6 Å². The van der Waals surface area contributed by atoms with Crippen LogP contribution in [0.5, 0.6) is 0 Å². The molecule has 0 spiro atoms. The SMILES string of the molecule is C=C(Cc1ccc(C)cc1)C(=O)OCCCC. The van der Waals surface area contributed by atoms with Crippen LogP contribution in [0.3, 0.4) is 0 Å². The third kappa shape index (κ3) is 4.85. The van der Waals surface area contributed by atoms with Crippen LogP contribution in [0.4, 0.5) is 0 Å². The fourth-order valence-electron chi connectivity index (χ4n) is 1.44. The molecule has 2 nitrogen and oxygen atoms in total. The van der Waals surface area contributed by atoms with Gasteiger partial charge in [-0.25, -0.2) is 4.79 Å². The van der Waals surface area contributed by atoms with Crippen LogP contribution < -0.4 is 0 Å². The molecule has 0 aromatic heterocycles. The monoisotopic (exact) mass is 232 g/mol. The normalized spacial score (nSPS) is 10.0. The van der Waals surface area contributed by atoms with Gasteiger partial charge in [-0.2, -0.15) is 0 Å². The molecule has 1 aromatic rings. The molecule has 1 rings (SSSR count). The summed E-state index contributed by atoms with van der Waals surface area (Å²) in [6.07, 6.45) is 2.49. The molecule has 0 aliphatic carbocycles. The van der Waals surface area contributed by atoms with Crippen LogP contribution >= 0.6 is 0 Å². The van der Waals surface area contributed by atoms with Crippen molar-refractivity contribution in [2.75, 3.05) is 6.61 Å². The minimum absolute atomic E-state index is 0.279. The predicted octanol–water partition coefficient (Wildman–Crippen LogP) is 3.44. The predicted molar refractivity (Wildman–Crippen MR) is 69.9 cm³/mol. The van der Waals surface area contributed by atoms with Gasteiger partial charge in [0.2, 0.25) is 0 Å². The smallest absolute Gasteiger partial charge is 0.333 e. The first-order valence-corrected chi connectivity index (χ1v) is 6.04. The Morgan fingerprint density at radius 2 is 1.94 bits per heavy atom. The number of benzene rings is 1. The first-order chi connectivity index (χ1) is 8.13. The highest BCUT2D eigenvalue weighted by Crippen LogP contribution is 2.09. The van der Waals surface area contributed by atoms with Crippen molar-refractivity contribution in [1.82, 2.24) is 0 Å². The molecular weight excluding hydrogens is 212 g/mol. The van der Waals surface area contributed by atoms with Crippen LogP contribution in [0.15, 0.2) is 36.4 Å². The molecule has 0 unspecified atom stereocenters. The Balaban J connectivity index is 2.43. The van der Waals surface area contributed by atoms with Gasteiger partial charge in [0.25, 0.3) is 0 Å². The molecule has 0 aliphatic rings. The van der Waals surface area contributed by atoms with Gasteiger partial charge in [-0.15, -0.1) is 0 Å². The average molecular weight is 232 g/mol. The maximum absolute atomic E-state index is 11.6. The maximum atomic E-state index is 11.6. The fraction of sp³-hybridized carbons (Fsp3) is 0.400. The highest BCUT2D eigenvalue weighted by atomic mass is 16.5. The van der Waals surface area contributed by atoms with Gasteiger partial charge in [0.15, 0.2) is 0 Å². The van der Waals surface area contributed by atoms with E-state index in [-0.39, 0.29) is 5.97 Å². The summed E-state index contributed by atoms with van der Waals surface area (Å²) in [7, 11) is 0. The molecule has 17 heavy (non-hydrogen) atoms. The number of unbranched alkanes of at least 4 members (excludes halogenated alkanes) is 1. The molecule has 0 atom stereocenters. The van der Waals surface area contributed by atoms with Crippen molar-refractivity contribution in [3.05, 3.63) is 47.5 Å². The zero-order valence-electron chi connectivity index (χ0n) is 10.7. The molecule has 0 saturated heterocycles. The lowest BCUT2D eigenvalue weighted by atomic mass is 10.1. The van der Waals surface area contributed by atoms with Crippen molar-refractivity contribution >= 4 is 5.97 Å². The number of hydrogen-bond acceptors (Lipinski definition) is 2. The molecule has 0 saturated carbocycles. The Labute approximate surface area is 103 Å². The van der Waals surface area contributed by atoms with Crippen LogP contribution in [0.2, 0.25) is 0 Å². The lowest BCUT2D eigenvalue weighted by Crippen LogP contribution is -2.10. The summed E-state index contributed by atoms with van der Waals surface area (Å²) in [6.45, 7) is 8.37. The molecule has 0 radical (unpaired) electrons. The van der Waals surface area contributed by atoms with E-state index in [1.807, 2.05) is 31.2 Å². The van der Waals surface area contributed by atoms with Gasteiger partial charge in [0, 0.05) is 12.0 Å². The minimum atomic E-state index is -0.279. The molecule has 0 N–H and O–H groups in total. The molecule has 92 valence electrons. The molecule has 0 fully saturated rings. The topological polar surface area (TPSA) is 26.3 Å². The van der Waals surface area contributed by atoms with E-state index in [9.17, 15) is 4.79 Å². The summed E-state index contributed by atoms with van der Waals surface area (Å²) < 4.78 is 5.10. The maximum Gasteiger partial charge on any atom is 0.333 e. The first kappa shape index (κ1) is 13.5. The van der Waals surface area contributed by atoms with E-state index in [2.05, 4.69) is 13.5 Å². The second kappa shape index (κ2) is 6.89. The second-order valence-corrected chi connectivity index (χ2v) is 4.26. The molecular formula is C15H20O2. The summed E-state index contributed by atoms with van der Waals surface area (Å²) in [5.74, 6) is -0.279. The summed E-state index contributed by atoms with van der Waals surface area (Å²) in [5.41, 5.74) is 2.82. The Morgan fingerprint density at radius 1 is 1.29 bits per heavy atom. The van der Waals surface area contributed by atoms with Crippen LogP contribution in [-0.2, 0) is 16.0 Å². The van der Waals surface area contributed by atoms with Crippen LogP contribution in [0, 0.1) is 6.92 Å². The lowest BCUT2D eigenvalue weighted by molar-refractivity contribution is -0.139. The van der Waals surface area contributed by atoms with Gasteiger partial charge in [-0.05, 0) is 18.9 Å². The molecule has 0 bridgehead atoms. The van der Waals surface area contributed by atoms with E-state index in [1.54, 1.807) is 0 Å². The van der Waals surface area contributed by atoms with E-state index < -0.39 is 0 Å². The lowest BCUT2D eigenvalue weighted by Gasteiger charge is -2.07. The van der Waals surface area contributed by atoms with Gasteiger partial charge in [0.05, 0.1) is 6.61 Å². The second-order valence-electron chi connectivity index (χ2n) is 4.26. The fourth-order valence-corrected chi connectivity index (χ4v) is 1.44. The van der Waals surface area contributed by atoms with Crippen molar-refractivity contribution < 1.29 is 9.53 Å². The molecule has 0 heterocycles. The van der Waals surface area contributed by atoms with Gasteiger partial charge in [-0.1, -0.05) is 49.8 Å². The highest BCUT2D eigenvalue weighted by molar-refractivity contribution is 5.88. The Kier molecular flexibility index (Phi) is 5.47. The summed E-state index contributed by atoms with van der Waals surface area (Å²) >= 11 is 0. The summed E-state index contributed by atoms with van der Waals surface area (Å²) in [6, 6.07) is 8.09. The van der Waals surface area contributed by atoms with E-state index >= 15 is 0 Å². The van der Waals surface area contributed by atoms with Crippen LogP contribution in [0.1, 0.15) is 30.9 Å². The van der Waals surface area contributed by atoms with Crippen LogP contribution in [-0.4, -0.2) is 12.6 Å². The number of esters is 1. The highest BCUT2D eigenvalue weighted by Gasteiger charge is 2.08. The third-order valence-corrected chi connectivity index (χ3v) is 2.56. The summed E-state index contributed by atoms with van der Waals surface area (Å²) in [4.78, 5) is 11.6. The quantitative estimate of drug-likeness (QED) is 0.426. The molecule has 1 aromatic carbocycles. The van der Waals surface area contributed by atoms with Gasteiger partial charge in [-0.3, -0.25) is 0 Å². The van der Waals surface area contributed by atoms with Crippen molar-refractivity contribution in [1.29, 1.82) is 0 Å². The van der Waals surface area contributed by atoms with Crippen molar-refractivity contribution in [2.24, 2.45) is 0 Å². The number of ether oxygens (including phenoxy) is 1. The standard InChI is InChI=1S/C15H20O2/c1-4-5-10-17-15(16)13(3)11-14-8-6-12(2)7-9-14/h6-9H,3-5,10-11H2,1-2H3. The Bertz CT molecular complexity index is 376. The van der Waals surface area contributed by atoms with Crippen molar-refractivity contribution in [2.45, 2.75) is 33.1 Å². The van der Waals surface area contributed by atoms with Crippen molar-refractivity contribution in [3.63, 3.8) is 0 Å². The Morgan fingerprint density at radius 3 is 2.53 bits per heavy atom. The minimum Gasteiger partial charge on any atom is -0.462 e. The van der Waals surface area contributed by atoms with Crippen molar-refractivity contribution in [3.8, 4) is 0 Å². The third-order valence-electron chi connectivity index (χ3n) is 2.56. The average Bonchev–Trinajstić information content (AvgIpc) is 2.32.